The van der Waals surface area contributed by atoms with Gasteiger partial charge in [0.1, 0.15) is 11.6 Å². The Morgan fingerprint density at radius 1 is 1.12 bits per heavy atom. The van der Waals surface area contributed by atoms with Crippen molar-refractivity contribution in [3.63, 3.8) is 0 Å². The predicted octanol–water partition coefficient (Wildman–Crippen LogP) is 2.97. The number of aromatic nitrogens is 3. The van der Waals surface area contributed by atoms with Crippen LogP contribution in [0.2, 0.25) is 0 Å². The smallest absolute Gasteiger partial charge is 0.181 e. The number of hydrogen-bond acceptors (Lipinski definition) is 4. The van der Waals surface area contributed by atoms with Crippen LogP contribution >= 0.6 is 0 Å². The first-order chi connectivity index (χ1) is 11.8. The summed E-state index contributed by atoms with van der Waals surface area (Å²) in [5.74, 6) is 1.75. The molecule has 4 rings (SSSR count). The third-order valence-electron chi connectivity index (χ3n) is 5.15. The van der Waals surface area contributed by atoms with Crippen LogP contribution in [0.25, 0.3) is 11.4 Å². The van der Waals surface area contributed by atoms with Crippen molar-refractivity contribution in [3.8, 4) is 11.4 Å². The first-order valence-electron chi connectivity index (χ1n) is 8.79. The van der Waals surface area contributed by atoms with Crippen molar-refractivity contribution in [2.45, 2.75) is 37.6 Å². The molecule has 0 radical (unpaired) electrons. The maximum absolute atomic E-state index is 13.1. The number of aromatic amines is 1. The zero-order valence-electron chi connectivity index (χ0n) is 13.7. The SMILES string of the molecule is Fc1ccc(-c2n[nH]c(C3CCCN(C4CCOCC4)C3)n2)cc1. The highest BCUT2D eigenvalue weighted by molar-refractivity contribution is 5.54. The van der Waals surface area contributed by atoms with Gasteiger partial charge >= 0.3 is 0 Å². The van der Waals surface area contributed by atoms with E-state index in [0.29, 0.717) is 17.8 Å². The molecule has 2 saturated heterocycles. The number of nitrogens with one attached hydrogen (secondary N) is 1. The largest absolute Gasteiger partial charge is 0.381 e. The summed E-state index contributed by atoms with van der Waals surface area (Å²) in [6, 6.07) is 6.97. The van der Waals surface area contributed by atoms with Gasteiger partial charge in [0.2, 0.25) is 0 Å². The van der Waals surface area contributed by atoms with Gasteiger partial charge in [-0.1, -0.05) is 0 Å². The molecule has 1 aromatic carbocycles. The average Bonchev–Trinajstić information content (AvgIpc) is 3.13. The van der Waals surface area contributed by atoms with Gasteiger partial charge in [0, 0.05) is 37.3 Å². The zero-order valence-corrected chi connectivity index (χ0v) is 13.7. The summed E-state index contributed by atoms with van der Waals surface area (Å²) >= 11 is 0. The monoisotopic (exact) mass is 330 g/mol. The minimum Gasteiger partial charge on any atom is -0.381 e. The summed E-state index contributed by atoms with van der Waals surface area (Å²) in [4.78, 5) is 7.27. The molecule has 3 heterocycles. The van der Waals surface area contributed by atoms with E-state index in [1.807, 2.05) is 0 Å². The molecular formula is C18H23FN4O. The number of likely N-dealkylation sites (tertiary alicyclic amines) is 1. The van der Waals surface area contributed by atoms with Gasteiger partial charge in [-0.05, 0) is 56.5 Å². The Balaban J connectivity index is 1.46. The minimum atomic E-state index is -0.242. The summed E-state index contributed by atoms with van der Waals surface area (Å²) < 4.78 is 18.5. The number of nitrogens with zero attached hydrogens (tertiary/aromatic N) is 3. The molecule has 0 bridgehead atoms. The van der Waals surface area contributed by atoms with Gasteiger partial charge in [-0.2, -0.15) is 5.10 Å². The number of hydrogen-bond donors (Lipinski definition) is 1. The van der Waals surface area contributed by atoms with Crippen molar-refractivity contribution in [1.29, 1.82) is 0 Å². The lowest BCUT2D eigenvalue weighted by molar-refractivity contribution is 0.0235. The standard InChI is InChI=1S/C18H23FN4O/c19-15-5-3-13(4-6-15)17-20-18(22-21-17)14-2-1-9-23(12-14)16-7-10-24-11-8-16/h3-6,14,16H,1-2,7-12H2,(H,20,21,22). The van der Waals surface area contributed by atoms with Crippen molar-refractivity contribution in [1.82, 2.24) is 20.1 Å². The van der Waals surface area contributed by atoms with Crippen LogP contribution in [-0.4, -0.2) is 52.4 Å². The Bertz CT molecular complexity index is 666. The van der Waals surface area contributed by atoms with Crippen LogP contribution in [0.15, 0.2) is 24.3 Å². The van der Waals surface area contributed by atoms with E-state index in [-0.39, 0.29) is 5.82 Å². The second-order valence-corrected chi connectivity index (χ2v) is 6.73. The Kier molecular flexibility index (Phi) is 4.58. The summed E-state index contributed by atoms with van der Waals surface area (Å²) in [6.07, 6.45) is 4.58. The first kappa shape index (κ1) is 15.7. The quantitative estimate of drug-likeness (QED) is 0.940. The molecule has 1 unspecified atom stereocenters. The third-order valence-corrected chi connectivity index (χ3v) is 5.15. The second kappa shape index (κ2) is 6.99. The molecule has 0 aliphatic carbocycles. The summed E-state index contributed by atoms with van der Waals surface area (Å²) in [7, 11) is 0. The van der Waals surface area contributed by atoms with Crippen LogP contribution in [0.1, 0.15) is 37.4 Å². The lowest BCUT2D eigenvalue weighted by atomic mass is 9.94. The fourth-order valence-corrected chi connectivity index (χ4v) is 3.80. The predicted molar refractivity (Wildman–Crippen MR) is 89.2 cm³/mol. The molecule has 2 fully saturated rings. The van der Waals surface area contributed by atoms with E-state index in [1.165, 1.54) is 25.1 Å². The van der Waals surface area contributed by atoms with Gasteiger partial charge in [0.25, 0.3) is 0 Å². The van der Waals surface area contributed by atoms with Crippen molar-refractivity contribution < 1.29 is 9.13 Å². The van der Waals surface area contributed by atoms with Crippen LogP contribution in [0.3, 0.4) is 0 Å². The molecule has 6 heteroatoms. The van der Waals surface area contributed by atoms with Gasteiger partial charge in [0.15, 0.2) is 5.82 Å². The van der Waals surface area contributed by atoms with Crippen molar-refractivity contribution in [2.75, 3.05) is 26.3 Å². The van der Waals surface area contributed by atoms with E-state index in [9.17, 15) is 4.39 Å². The van der Waals surface area contributed by atoms with E-state index < -0.39 is 0 Å². The molecule has 1 N–H and O–H groups in total. The minimum absolute atomic E-state index is 0.242. The molecular weight excluding hydrogens is 307 g/mol. The number of benzene rings is 1. The number of H-pyrrole nitrogens is 1. The van der Waals surface area contributed by atoms with Gasteiger partial charge < -0.3 is 4.74 Å². The maximum Gasteiger partial charge on any atom is 0.181 e. The van der Waals surface area contributed by atoms with Gasteiger partial charge in [-0.25, -0.2) is 9.37 Å². The molecule has 5 nitrogen and oxygen atoms in total. The van der Waals surface area contributed by atoms with E-state index in [4.69, 9.17) is 4.74 Å². The highest BCUT2D eigenvalue weighted by Gasteiger charge is 2.29. The lowest BCUT2D eigenvalue weighted by Gasteiger charge is -2.39. The molecule has 128 valence electrons. The summed E-state index contributed by atoms with van der Waals surface area (Å²) in [6.45, 7) is 3.95. The molecule has 1 atom stereocenters. The van der Waals surface area contributed by atoms with Crippen LogP contribution in [0.5, 0.6) is 0 Å². The fourth-order valence-electron chi connectivity index (χ4n) is 3.80. The highest BCUT2D eigenvalue weighted by atomic mass is 19.1. The normalized spacial score (nSPS) is 23.5. The third kappa shape index (κ3) is 3.35. The highest BCUT2D eigenvalue weighted by Crippen LogP contribution is 2.29. The Labute approximate surface area is 141 Å². The Hall–Kier alpha value is -1.79. The van der Waals surface area contributed by atoms with Crippen LogP contribution in [-0.2, 0) is 4.74 Å². The zero-order chi connectivity index (χ0) is 16.4. The Morgan fingerprint density at radius 3 is 2.71 bits per heavy atom. The molecule has 2 aliphatic rings. The molecule has 1 aromatic heterocycles. The topological polar surface area (TPSA) is 54.0 Å². The van der Waals surface area contributed by atoms with Gasteiger partial charge in [-0.15, -0.1) is 0 Å². The van der Waals surface area contributed by atoms with Crippen LogP contribution in [0.4, 0.5) is 4.39 Å². The second-order valence-electron chi connectivity index (χ2n) is 6.73. The van der Waals surface area contributed by atoms with E-state index in [2.05, 4.69) is 20.1 Å². The molecule has 0 saturated carbocycles. The number of ether oxygens (including phenoxy) is 1. The van der Waals surface area contributed by atoms with E-state index in [0.717, 1.165) is 50.4 Å². The van der Waals surface area contributed by atoms with E-state index in [1.54, 1.807) is 12.1 Å². The molecule has 0 spiro atoms. The molecule has 0 amide bonds. The average molecular weight is 330 g/mol. The number of rotatable bonds is 3. The van der Waals surface area contributed by atoms with Crippen LogP contribution in [0, 0.1) is 5.82 Å². The molecule has 24 heavy (non-hydrogen) atoms. The van der Waals surface area contributed by atoms with Gasteiger partial charge in [-0.3, -0.25) is 10.00 Å². The van der Waals surface area contributed by atoms with Crippen molar-refractivity contribution in [3.05, 3.63) is 35.9 Å². The van der Waals surface area contributed by atoms with E-state index >= 15 is 0 Å². The Morgan fingerprint density at radius 2 is 1.92 bits per heavy atom. The van der Waals surface area contributed by atoms with Crippen molar-refractivity contribution >= 4 is 0 Å². The van der Waals surface area contributed by atoms with Crippen molar-refractivity contribution in [2.24, 2.45) is 0 Å². The summed E-state index contributed by atoms with van der Waals surface area (Å²) in [5.41, 5.74) is 0.844. The number of piperidine rings is 1. The number of halogens is 1. The maximum atomic E-state index is 13.1. The molecule has 2 aliphatic heterocycles. The lowest BCUT2D eigenvalue weighted by Crippen LogP contribution is -2.44. The van der Waals surface area contributed by atoms with Gasteiger partial charge in [0.05, 0.1) is 0 Å². The first-order valence-corrected chi connectivity index (χ1v) is 8.79. The van der Waals surface area contributed by atoms with Crippen LogP contribution < -0.4 is 0 Å². The fraction of sp³-hybridized carbons (Fsp3) is 0.556. The summed E-state index contributed by atoms with van der Waals surface area (Å²) in [5, 5.41) is 7.44. The molecule has 2 aromatic rings.